The number of thioether (sulfide) groups is 1. The Labute approximate surface area is 154 Å². The van der Waals surface area contributed by atoms with Gasteiger partial charge in [0.05, 0.1) is 6.61 Å². The van der Waals surface area contributed by atoms with Crippen LogP contribution < -0.4 is 10.6 Å². The Morgan fingerprint density at radius 3 is 2.59 bits per heavy atom. The van der Waals surface area contributed by atoms with Crippen molar-refractivity contribution in [3.63, 3.8) is 0 Å². The third-order valence-corrected chi connectivity index (χ3v) is 4.92. The van der Waals surface area contributed by atoms with E-state index in [0.717, 1.165) is 25.7 Å². The van der Waals surface area contributed by atoms with E-state index in [0.29, 0.717) is 11.4 Å². The second-order valence-corrected chi connectivity index (χ2v) is 6.69. The van der Waals surface area contributed by atoms with Crippen LogP contribution in [-0.4, -0.2) is 44.1 Å². The number of hydrogen-bond acceptors (Lipinski definition) is 3. The molecule has 1 saturated carbocycles. The van der Waals surface area contributed by atoms with E-state index in [1.54, 1.807) is 7.05 Å². The fourth-order valence-corrected chi connectivity index (χ4v) is 3.29. The topological polar surface area (TPSA) is 45.6 Å². The first kappa shape index (κ1) is 19.6. The SMILES string of the molecule is CCOCCNC(=NC)NCC1(Sc2ccccc2)CC1.I. The quantitative estimate of drug-likeness (QED) is 0.285. The van der Waals surface area contributed by atoms with E-state index in [4.69, 9.17) is 4.74 Å². The van der Waals surface area contributed by atoms with Crippen molar-refractivity contribution < 1.29 is 4.74 Å². The fraction of sp³-hybridized carbons (Fsp3) is 0.562. The van der Waals surface area contributed by atoms with Crippen LogP contribution in [0.4, 0.5) is 0 Å². The van der Waals surface area contributed by atoms with E-state index >= 15 is 0 Å². The maximum absolute atomic E-state index is 5.32. The zero-order valence-corrected chi connectivity index (χ0v) is 16.4. The Morgan fingerprint density at radius 1 is 1.27 bits per heavy atom. The zero-order valence-electron chi connectivity index (χ0n) is 13.3. The lowest BCUT2D eigenvalue weighted by atomic mass is 10.4. The molecular formula is C16H26IN3OS. The smallest absolute Gasteiger partial charge is 0.191 e. The molecule has 1 fully saturated rings. The minimum absolute atomic E-state index is 0. The molecule has 0 bridgehead atoms. The van der Waals surface area contributed by atoms with Crippen LogP contribution in [-0.2, 0) is 4.74 Å². The van der Waals surface area contributed by atoms with Crippen LogP contribution in [0.1, 0.15) is 19.8 Å². The number of benzene rings is 1. The molecule has 0 heterocycles. The number of nitrogens with zero attached hydrogens (tertiary/aromatic N) is 1. The van der Waals surface area contributed by atoms with Crippen LogP contribution in [0.25, 0.3) is 0 Å². The summed E-state index contributed by atoms with van der Waals surface area (Å²) in [5.41, 5.74) is 0. The molecule has 0 aromatic heterocycles. The molecule has 4 nitrogen and oxygen atoms in total. The van der Waals surface area contributed by atoms with Crippen molar-refractivity contribution in [3.05, 3.63) is 30.3 Å². The van der Waals surface area contributed by atoms with E-state index < -0.39 is 0 Å². The van der Waals surface area contributed by atoms with Gasteiger partial charge in [-0.15, -0.1) is 35.7 Å². The van der Waals surface area contributed by atoms with Gasteiger partial charge in [-0.2, -0.15) is 0 Å². The van der Waals surface area contributed by atoms with Crippen LogP contribution in [0, 0.1) is 0 Å². The van der Waals surface area contributed by atoms with Crippen LogP contribution in [0.5, 0.6) is 0 Å². The predicted molar refractivity (Wildman–Crippen MR) is 106 cm³/mol. The Hall–Kier alpha value is -0.470. The van der Waals surface area contributed by atoms with Crippen molar-refractivity contribution in [3.8, 4) is 0 Å². The molecule has 2 rings (SSSR count). The van der Waals surface area contributed by atoms with Gasteiger partial charge in [0, 0.05) is 36.4 Å². The van der Waals surface area contributed by atoms with E-state index in [1.165, 1.54) is 17.7 Å². The average Bonchev–Trinajstić information content (AvgIpc) is 3.27. The number of aliphatic imine (C=N–C) groups is 1. The first-order valence-electron chi connectivity index (χ1n) is 7.54. The maximum Gasteiger partial charge on any atom is 0.191 e. The molecule has 1 aliphatic rings. The first-order chi connectivity index (χ1) is 10.3. The summed E-state index contributed by atoms with van der Waals surface area (Å²) in [6.45, 7) is 5.20. The van der Waals surface area contributed by atoms with Gasteiger partial charge in [-0.3, -0.25) is 4.99 Å². The minimum Gasteiger partial charge on any atom is -0.380 e. The number of halogens is 1. The van der Waals surface area contributed by atoms with Gasteiger partial charge < -0.3 is 15.4 Å². The van der Waals surface area contributed by atoms with Crippen molar-refractivity contribution in [2.75, 3.05) is 33.4 Å². The van der Waals surface area contributed by atoms with E-state index in [9.17, 15) is 0 Å². The summed E-state index contributed by atoms with van der Waals surface area (Å²) >= 11 is 1.97. The van der Waals surface area contributed by atoms with Gasteiger partial charge >= 0.3 is 0 Å². The average molecular weight is 435 g/mol. The highest BCUT2D eigenvalue weighted by Crippen LogP contribution is 2.51. The summed E-state index contributed by atoms with van der Waals surface area (Å²) in [5.74, 6) is 0.856. The number of hydrogen-bond donors (Lipinski definition) is 2. The molecule has 0 radical (unpaired) electrons. The summed E-state index contributed by atoms with van der Waals surface area (Å²) in [7, 11) is 1.81. The van der Waals surface area contributed by atoms with Crippen molar-refractivity contribution in [2.24, 2.45) is 4.99 Å². The Kier molecular flexibility index (Phi) is 9.19. The summed E-state index contributed by atoms with van der Waals surface area (Å²) in [5, 5.41) is 6.70. The second kappa shape index (κ2) is 10.3. The molecule has 22 heavy (non-hydrogen) atoms. The van der Waals surface area contributed by atoms with Crippen LogP contribution in [0.15, 0.2) is 40.2 Å². The number of guanidine groups is 1. The summed E-state index contributed by atoms with van der Waals surface area (Å²) in [6, 6.07) is 10.6. The molecule has 0 aliphatic heterocycles. The lowest BCUT2D eigenvalue weighted by Crippen LogP contribution is -2.42. The molecule has 6 heteroatoms. The lowest BCUT2D eigenvalue weighted by Gasteiger charge is -2.18. The predicted octanol–water partition coefficient (Wildman–Crippen LogP) is 3.13. The van der Waals surface area contributed by atoms with E-state index in [-0.39, 0.29) is 24.0 Å². The molecule has 0 unspecified atom stereocenters. The molecule has 0 spiro atoms. The largest absolute Gasteiger partial charge is 0.380 e. The van der Waals surface area contributed by atoms with E-state index in [2.05, 4.69) is 46.0 Å². The Bertz CT molecular complexity index is 452. The second-order valence-electron chi connectivity index (χ2n) is 5.15. The highest BCUT2D eigenvalue weighted by atomic mass is 127. The molecule has 1 aliphatic carbocycles. The normalized spacial score (nSPS) is 15.8. The van der Waals surface area contributed by atoms with Gasteiger partial charge in [-0.1, -0.05) is 18.2 Å². The van der Waals surface area contributed by atoms with Crippen molar-refractivity contribution >= 4 is 41.7 Å². The molecule has 0 atom stereocenters. The van der Waals surface area contributed by atoms with Gasteiger partial charge in [0.1, 0.15) is 0 Å². The van der Waals surface area contributed by atoms with Crippen LogP contribution in [0.2, 0.25) is 0 Å². The molecular weight excluding hydrogens is 409 g/mol. The van der Waals surface area contributed by atoms with Crippen LogP contribution in [0.3, 0.4) is 0 Å². The molecule has 2 N–H and O–H groups in total. The Balaban J connectivity index is 0.00000242. The third kappa shape index (κ3) is 6.75. The highest BCUT2D eigenvalue weighted by molar-refractivity contribution is 14.0. The molecule has 0 amide bonds. The molecule has 124 valence electrons. The summed E-state index contributed by atoms with van der Waals surface area (Å²) in [6.07, 6.45) is 2.52. The standard InChI is InChI=1S/C16H25N3OS.HI/c1-3-20-12-11-18-15(17-2)19-13-16(9-10-16)21-14-7-5-4-6-8-14;/h4-8H,3,9-13H2,1-2H3,(H2,17,18,19);1H. The summed E-state index contributed by atoms with van der Waals surface area (Å²) < 4.78 is 5.65. The number of ether oxygens (including phenoxy) is 1. The van der Waals surface area contributed by atoms with Crippen molar-refractivity contribution in [1.82, 2.24) is 10.6 Å². The monoisotopic (exact) mass is 435 g/mol. The van der Waals surface area contributed by atoms with Gasteiger partial charge in [0.2, 0.25) is 0 Å². The zero-order chi connectivity index (χ0) is 15.0. The molecule has 1 aromatic carbocycles. The Morgan fingerprint density at radius 2 is 2.00 bits per heavy atom. The van der Waals surface area contributed by atoms with E-state index in [1.807, 2.05) is 18.7 Å². The van der Waals surface area contributed by atoms with Crippen LogP contribution >= 0.6 is 35.7 Å². The van der Waals surface area contributed by atoms with Gasteiger partial charge in [-0.05, 0) is 31.9 Å². The maximum atomic E-state index is 5.32. The first-order valence-corrected chi connectivity index (χ1v) is 8.36. The fourth-order valence-electron chi connectivity index (χ4n) is 2.04. The number of rotatable bonds is 8. The van der Waals surface area contributed by atoms with Crippen molar-refractivity contribution in [2.45, 2.75) is 29.4 Å². The minimum atomic E-state index is 0. The lowest BCUT2D eigenvalue weighted by molar-refractivity contribution is 0.152. The highest BCUT2D eigenvalue weighted by Gasteiger charge is 2.43. The third-order valence-electron chi connectivity index (χ3n) is 3.43. The molecule has 1 aromatic rings. The van der Waals surface area contributed by atoms with Crippen molar-refractivity contribution in [1.29, 1.82) is 0 Å². The van der Waals surface area contributed by atoms with Gasteiger partial charge in [-0.25, -0.2) is 0 Å². The number of nitrogens with one attached hydrogen (secondary N) is 2. The van der Waals surface area contributed by atoms with Gasteiger partial charge in [0.25, 0.3) is 0 Å². The molecule has 0 saturated heterocycles. The summed E-state index contributed by atoms with van der Waals surface area (Å²) in [4.78, 5) is 5.60. The van der Waals surface area contributed by atoms with Gasteiger partial charge in [0.15, 0.2) is 5.96 Å².